The molecule has 6 heteroatoms. The zero-order valence-electron chi connectivity index (χ0n) is 14.9. The molecule has 3 rings (SSSR count). The minimum atomic E-state index is -0.408. The van der Waals surface area contributed by atoms with E-state index in [1.807, 2.05) is 36.4 Å². The predicted molar refractivity (Wildman–Crippen MR) is 104 cm³/mol. The third-order valence-electron chi connectivity index (χ3n) is 4.24. The molecule has 0 aliphatic heterocycles. The molecule has 0 saturated carbocycles. The molecule has 0 amide bonds. The van der Waals surface area contributed by atoms with Crippen LogP contribution in [0, 0.1) is 10.1 Å². The third kappa shape index (κ3) is 4.55. The van der Waals surface area contributed by atoms with Gasteiger partial charge in [-0.15, -0.1) is 0 Å². The molecule has 0 aliphatic rings. The van der Waals surface area contributed by atoms with E-state index in [4.69, 9.17) is 4.74 Å². The highest BCUT2D eigenvalue weighted by atomic mass is 16.6. The Labute approximate surface area is 157 Å². The van der Waals surface area contributed by atoms with Crippen molar-refractivity contribution in [3.63, 3.8) is 0 Å². The fourth-order valence-corrected chi connectivity index (χ4v) is 2.90. The molecule has 3 aromatic carbocycles. The van der Waals surface area contributed by atoms with E-state index in [-0.39, 0.29) is 11.4 Å². The van der Waals surface area contributed by atoms with E-state index in [0.717, 1.165) is 16.8 Å². The van der Waals surface area contributed by atoms with Crippen molar-refractivity contribution < 1.29 is 14.8 Å². The van der Waals surface area contributed by atoms with Crippen LogP contribution in [0.5, 0.6) is 11.5 Å². The van der Waals surface area contributed by atoms with Crippen LogP contribution in [0.2, 0.25) is 0 Å². The molecule has 0 spiro atoms. The van der Waals surface area contributed by atoms with E-state index in [0.29, 0.717) is 18.8 Å². The van der Waals surface area contributed by atoms with Crippen LogP contribution in [-0.2, 0) is 13.1 Å². The van der Waals surface area contributed by atoms with E-state index in [2.05, 4.69) is 4.90 Å². The summed E-state index contributed by atoms with van der Waals surface area (Å²) in [5.41, 5.74) is 2.95. The molecule has 0 saturated heterocycles. The number of phenols is 1. The quantitative estimate of drug-likeness (QED) is 0.493. The first-order valence-electron chi connectivity index (χ1n) is 8.46. The van der Waals surface area contributed by atoms with E-state index in [9.17, 15) is 15.2 Å². The Morgan fingerprint density at radius 1 is 0.963 bits per heavy atom. The number of anilines is 1. The van der Waals surface area contributed by atoms with Gasteiger partial charge in [-0.2, -0.15) is 0 Å². The smallest absolute Gasteiger partial charge is 0.269 e. The van der Waals surface area contributed by atoms with Crippen LogP contribution < -0.4 is 9.64 Å². The average Bonchev–Trinajstić information content (AvgIpc) is 2.68. The number of aromatic hydroxyl groups is 1. The fourth-order valence-electron chi connectivity index (χ4n) is 2.90. The summed E-state index contributed by atoms with van der Waals surface area (Å²) in [6.07, 6.45) is 0. The number of hydrogen-bond acceptors (Lipinski definition) is 5. The summed E-state index contributed by atoms with van der Waals surface area (Å²) in [6, 6.07) is 21.5. The molecule has 0 aliphatic carbocycles. The number of phenolic OH excluding ortho intramolecular Hbond substituents is 1. The normalized spacial score (nSPS) is 10.4. The summed E-state index contributed by atoms with van der Waals surface area (Å²) in [5, 5.41) is 20.6. The van der Waals surface area contributed by atoms with Crippen LogP contribution in [0.4, 0.5) is 11.4 Å². The third-order valence-corrected chi connectivity index (χ3v) is 4.24. The number of rotatable bonds is 7. The highest BCUT2D eigenvalue weighted by Gasteiger charge is 2.15. The Morgan fingerprint density at radius 2 is 1.59 bits per heavy atom. The summed E-state index contributed by atoms with van der Waals surface area (Å²) >= 11 is 0. The Balaban J connectivity index is 1.93. The lowest BCUT2D eigenvalue weighted by Gasteiger charge is -2.27. The van der Waals surface area contributed by atoms with Crippen molar-refractivity contribution in [2.24, 2.45) is 0 Å². The highest BCUT2D eigenvalue weighted by Crippen LogP contribution is 2.33. The van der Waals surface area contributed by atoms with Gasteiger partial charge in [0.1, 0.15) is 11.5 Å². The van der Waals surface area contributed by atoms with Gasteiger partial charge < -0.3 is 14.7 Å². The number of methoxy groups -OCH3 is 1. The van der Waals surface area contributed by atoms with Gasteiger partial charge in [-0.05, 0) is 23.3 Å². The van der Waals surface area contributed by atoms with Gasteiger partial charge in [0.25, 0.3) is 5.69 Å². The molecule has 0 unspecified atom stereocenters. The SMILES string of the molecule is COc1cc(O)ccc1N(Cc1ccccc1)Cc1ccc([N+](=O)[O-])cc1. The number of non-ortho nitro benzene ring substituents is 1. The predicted octanol–water partition coefficient (Wildman–Crippen LogP) is 4.52. The van der Waals surface area contributed by atoms with Gasteiger partial charge in [0.05, 0.1) is 17.7 Å². The minimum absolute atomic E-state index is 0.0653. The van der Waals surface area contributed by atoms with Gasteiger partial charge >= 0.3 is 0 Å². The summed E-state index contributed by atoms with van der Waals surface area (Å²) in [6.45, 7) is 1.16. The lowest BCUT2D eigenvalue weighted by molar-refractivity contribution is -0.384. The van der Waals surface area contributed by atoms with Crippen molar-refractivity contribution >= 4 is 11.4 Å². The van der Waals surface area contributed by atoms with Gasteiger partial charge in [-0.25, -0.2) is 0 Å². The van der Waals surface area contributed by atoms with E-state index >= 15 is 0 Å². The second-order valence-electron chi connectivity index (χ2n) is 6.12. The Morgan fingerprint density at radius 3 is 2.19 bits per heavy atom. The van der Waals surface area contributed by atoms with Gasteiger partial charge in [0.2, 0.25) is 0 Å². The molecule has 3 aromatic rings. The van der Waals surface area contributed by atoms with Crippen LogP contribution in [0.1, 0.15) is 11.1 Å². The maximum Gasteiger partial charge on any atom is 0.269 e. The van der Waals surface area contributed by atoms with Crippen molar-refractivity contribution in [1.82, 2.24) is 0 Å². The molecule has 0 atom stereocenters. The maximum absolute atomic E-state index is 10.9. The Kier molecular flexibility index (Phi) is 5.56. The van der Waals surface area contributed by atoms with Crippen molar-refractivity contribution in [2.75, 3.05) is 12.0 Å². The first-order valence-corrected chi connectivity index (χ1v) is 8.46. The summed E-state index contributed by atoms with van der Waals surface area (Å²) < 4.78 is 5.44. The first-order chi connectivity index (χ1) is 13.1. The molecule has 138 valence electrons. The topological polar surface area (TPSA) is 75.8 Å². The summed E-state index contributed by atoms with van der Waals surface area (Å²) in [7, 11) is 1.56. The molecule has 0 heterocycles. The molecule has 1 N–H and O–H groups in total. The fraction of sp³-hybridized carbons (Fsp3) is 0.143. The Hall–Kier alpha value is -3.54. The number of ether oxygens (including phenoxy) is 1. The molecule has 0 bridgehead atoms. The second kappa shape index (κ2) is 8.23. The average molecular weight is 364 g/mol. The second-order valence-corrected chi connectivity index (χ2v) is 6.12. The number of hydrogen-bond donors (Lipinski definition) is 1. The number of nitro groups is 1. The van der Waals surface area contributed by atoms with Crippen LogP contribution in [0.25, 0.3) is 0 Å². The lowest BCUT2D eigenvalue weighted by atomic mass is 10.1. The van der Waals surface area contributed by atoms with Crippen LogP contribution in [0.15, 0.2) is 72.8 Å². The van der Waals surface area contributed by atoms with Gasteiger partial charge in [0.15, 0.2) is 0 Å². The van der Waals surface area contributed by atoms with Crippen LogP contribution in [0.3, 0.4) is 0 Å². The number of nitrogens with zero attached hydrogens (tertiary/aromatic N) is 2. The van der Waals surface area contributed by atoms with Gasteiger partial charge in [-0.1, -0.05) is 42.5 Å². The lowest BCUT2D eigenvalue weighted by Crippen LogP contribution is -2.22. The standard InChI is InChI=1S/C21H20N2O4/c1-27-21-13-19(24)11-12-20(21)22(14-16-5-3-2-4-6-16)15-17-7-9-18(10-8-17)23(25)26/h2-13,24H,14-15H2,1H3. The van der Waals surface area contributed by atoms with Crippen molar-refractivity contribution in [1.29, 1.82) is 0 Å². The molecule has 0 fully saturated rings. The molecule has 0 radical (unpaired) electrons. The van der Waals surface area contributed by atoms with Crippen LogP contribution >= 0.6 is 0 Å². The number of nitro benzene ring substituents is 1. The monoisotopic (exact) mass is 364 g/mol. The summed E-state index contributed by atoms with van der Waals surface area (Å²) in [4.78, 5) is 12.6. The van der Waals surface area contributed by atoms with Crippen LogP contribution in [-0.4, -0.2) is 17.1 Å². The largest absolute Gasteiger partial charge is 0.508 e. The molecule has 6 nitrogen and oxygen atoms in total. The zero-order valence-corrected chi connectivity index (χ0v) is 14.9. The number of benzene rings is 3. The highest BCUT2D eigenvalue weighted by molar-refractivity contribution is 5.61. The maximum atomic E-state index is 10.9. The molecular formula is C21H20N2O4. The van der Waals surface area contributed by atoms with E-state index in [1.165, 1.54) is 12.1 Å². The minimum Gasteiger partial charge on any atom is -0.508 e. The van der Waals surface area contributed by atoms with Crippen molar-refractivity contribution in [3.05, 3.63) is 94.0 Å². The van der Waals surface area contributed by atoms with Crippen molar-refractivity contribution in [3.8, 4) is 11.5 Å². The molecular weight excluding hydrogens is 344 g/mol. The van der Waals surface area contributed by atoms with Gasteiger partial charge in [-0.3, -0.25) is 10.1 Å². The Bertz CT molecular complexity index is 911. The van der Waals surface area contributed by atoms with E-state index in [1.54, 1.807) is 31.4 Å². The zero-order chi connectivity index (χ0) is 19.2. The van der Waals surface area contributed by atoms with E-state index < -0.39 is 4.92 Å². The molecule has 27 heavy (non-hydrogen) atoms. The first kappa shape index (κ1) is 18.3. The van der Waals surface area contributed by atoms with Crippen molar-refractivity contribution in [2.45, 2.75) is 13.1 Å². The summed E-state index contributed by atoms with van der Waals surface area (Å²) in [5.74, 6) is 0.693. The molecule has 0 aromatic heterocycles. The van der Waals surface area contributed by atoms with Gasteiger partial charge in [0, 0.05) is 31.3 Å².